The largest absolute Gasteiger partial charge is 0.484 e. The van der Waals surface area contributed by atoms with E-state index in [9.17, 15) is 9.59 Å². The predicted molar refractivity (Wildman–Crippen MR) is 117 cm³/mol. The number of aromatic nitrogens is 2. The van der Waals surface area contributed by atoms with Crippen molar-refractivity contribution in [2.75, 3.05) is 19.0 Å². The number of hydrogen-bond donors (Lipinski definition) is 1. The Labute approximate surface area is 183 Å². The van der Waals surface area contributed by atoms with Gasteiger partial charge in [-0.2, -0.15) is 4.98 Å². The number of hydrogen-bond acceptors (Lipinski definition) is 7. The van der Waals surface area contributed by atoms with Gasteiger partial charge in [-0.1, -0.05) is 35.5 Å². The average Bonchev–Trinajstić information content (AvgIpc) is 3.34. The molecule has 8 nitrogen and oxygen atoms in total. The van der Waals surface area contributed by atoms with E-state index in [0.29, 0.717) is 28.7 Å². The van der Waals surface area contributed by atoms with Crippen LogP contribution in [0, 0.1) is 0 Å². The lowest BCUT2D eigenvalue weighted by Crippen LogP contribution is -2.20. The summed E-state index contributed by atoms with van der Waals surface area (Å²) in [5, 5.41) is 6.71. The van der Waals surface area contributed by atoms with Crippen LogP contribution in [0.1, 0.15) is 10.4 Å². The quantitative estimate of drug-likeness (QED) is 0.439. The number of methoxy groups -OCH3 is 1. The highest BCUT2D eigenvalue weighted by Crippen LogP contribution is 2.24. The number of rotatable bonds is 7. The number of amides is 1. The van der Waals surface area contributed by atoms with Crippen molar-refractivity contribution in [1.29, 1.82) is 0 Å². The first kappa shape index (κ1) is 20.8. The highest BCUT2D eigenvalue weighted by atomic mass is 16.5. The Morgan fingerprint density at radius 3 is 2.31 bits per heavy atom. The van der Waals surface area contributed by atoms with Crippen LogP contribution in [0.2, 0.25) is 0 Å². The average molecular weight is 429 g/mol. The molecule has 1 amide bonds. The first-order valence-corrected chi connectivity index (χ1v) is 9.73. The molecule has 0 aliphatic rings. The molecule has 0 aliphatic heterocycles. The summed E-state index contributed by atoms with van der Waals surface area (Å²) in [6.45, 7) is -0.170. The number of nitrogens with zero attached hydrogens (tertiary/aromatic N) is 2. The lowest BCUT2D eigenvalue weighted by Gasteiger charge is -2.08. The van der Waals surface area contributed by atoms with E-state index in [-0.39, 0.29) is 12.5 Å². The van der Waals surface area contributed by atoms with Gasteiger partial charge in [0.15, 0.2) is 6.61 Å². The van der Waals surface area contributed by atoms with E-state index in [1.54, 1.807) is 48.5 Å². The molecule has 3 aromatic carbocycles. The third-order valence-electron chi connectivity index (χ3n) is 4.52. The molecule has 1 aromatic heterocycles. The molecule has 0 unspecified atom stereocenters. The van der Waals surface area contributed by atoms with Crippen LogP contribution in [0.5, 0.6) is 5.75 Å². The van der Waals surface area contributed by atoms with Gasteiger partial charge in [-0.15, -0.1) is 0 Å². The Bertz CT molecular complexity index is 1200. The molecule has 0 atom stereocenters. The van der Waals surface area contributed by atoms with Gasteiger partial charge in [0.1, 0.15) is 5.75 Å². The number of anilines is 1. The van der Waals surface area contributed by atoms with Gasteiger partial charge in [-0.25, -0.2) is 4.79 Å². The summed E-state index contributed by atoms with van der Waals surface area (Å²) >= 11 is 0. The molecule has 4 rings (SSSR count). The summed E-state index contributed by atoms with van der Waals surface area (Å²) in [4.78, 5) is 28.0. The van der Waals surface area contributed by atoms with Crippen LogP contribution in [-0.2, 0) is 9.53 Å². The minimum absolute atomic E-state index is 0.170. The van der Waals surface area contributed by atoms with Crippen LogP contribution in [0.15, 0.2) is 83.4 Å². The highest BCUT2D eigenvalue weighted by molar-refractivity contribution is 5.93. The van der Waals surface area contributed by atoms with E-state index in [2.05, 4.69) is 20.2 Å². The molecule has 160 valence electrons. The van der Waals surface area contributed by atoms with E-state index < -0.39 is 5.97 Å². The SMILES string of the molecule is COC(=O)c1ccc(NC(=O)COc2ccc(-c3nc(-c4ccccc4)no3)cc2)cc1. The fourth-order valence-electron chi connectivity index (χ4n) is 2.89. The normalized spacial score (nSPS) is 10.4. The van der Waals surface area contributed by atoms with Crippen LogP contribution in [0.4, 0.5) is 5.69 Å². The van der Waals surface area contributed by atoms with Crippen LogP contribution in [0.25, 0.3) is 22.8 Å². The lowest BCUT2D eigenvalue weighted by molar-refractivity contribution is -0.118. The van der Waals surface area contributed by atoms with Crippen molar-refractivity contribution in [1.82, 2.24) is 10.1 Å². The first-order valence-electron chi connectivity index (χ1n) is 9.73. The summed E-state index contributed by atoms with van der Waals surface area (Å²) in [6.07, 6.45) is 0. The van der Waals surface area contributed by atoms with Crippen LogP contribution < -0.4 is 10.1 Å². The van der Waals surface area contributed by atoms with Gasteiger partial charge in [0, 0.05) is 16.8 Å². The number of nitrogens with one attached hydrogen (secondary N) is 1. The fourth-order valence-corrected chi connectivity index (χ4v) is 2.89. The Morgan fingerprint density at radius 1 is 0.906 bits per heavy atom. The molecule has 4 aromatic rings. The van der Waals surface area contributed by atoms with Crippen molar-refractivity contribution in [2.45, 2.75) is 0 Å². The van der Waals surface area contributed by atoms with Crippen LogP contribution in [0.3, 0.4) is 0 Å². The molecule has 0 bridgehead atoms. The molecular weight excluding hydrogens is 410 g/mol. The molecule has 1 N–H and O–H groups in total. The van der Waals surface area contributed by atoms with Crippen molar-refractivity contribution < 1.29 is 23.6 Å². The number of benzene rings is 3. The fraction of sp³-hybridized carbons (Fsp3) is 0.0833. The Kier molecular flexibility index (Phi) is 6.22. The first-order chi connectivity index (χ1) is 15.6. The molecule has 0 saturated carbocycles. The van der Waals surface area contributed by atoms with Crippen molar-refractivity contribution in [3.63, 3.8) is 0 Å². The number of ether oxygens (including phenoxy) is 2. The summed E-state index contributed by atoms with van der Waals surface area (Å²) in [5.41, 5.74) is 2.56. The van der Waals surface area contributed by atoms with Crippen molar-refractivity contribution in [3.05, 3.63) is 84.4 Å². The number of carbonyl (C=O) groups excluding carboxylic acids is 2. The van der Waals surface area contributed by atoms with Crippen molar-refractivity contribution in [2.24, 2.45) is 0 Å². The zero-order chi connectivity index (χ0) is 22.3. The van der Waals surface area contributed by atoms with E-state index >= 15 is 0 Å². The van der Waals surface area contributed by atoms with E-state index in [1.165, 1.54) is 7.11 Å². The van der Waals surface area contributed by atoms with E-state index in [1.807, 2.05) is 30.3 Å². The van der Waals surface area contributed by atoms with E-state index in [0.717, 1.165) is 11.1 Å². The molecule has 0 radical (unpaired) electrons. The molecular formula is C24H19N3O5. The zero-order valence-electron chi connectivity index (χ0n) is 17.1. The van der Waals surface area contributed by atoms with Gasteiger partial charge in [0.05, 0.1) is 12.7 Å². The third-order valence-corrected chi connectivity index (χ3v) is 4.52. The second-order valence-electron chi connectivity index (χ2n) is 6.72. The topological polar surface area (TPSA) is 104 Å². The summed E-state index contributed by atoms with van der Waals surface area (Å²) < 4.78 is 15.5. The number of carbonyl (C=O) groups is 2. The molecule has 1 heterocycles. The maximum absolute atomic E-state index is 12.1. The van der Waals surface area contributed by atoms with Crippen LogP contribution in [-0.4, -0.2) is 35.7 Å². The summed E-state index contributed by atoms with van der Waals surface area (Å²) in [7, 11) is 1.31. The second-order valence-corrected chi connectivity index (χ2v) is 6.72. The van der Waals surface area contributed by atoms with Crippen molar-refractivity contribution >= 4 is 17.6 Å². The minimum Gasteiger partial charge on any atom is -0.484 e. The van der Waals surface area contributed by atoms with Gasteiger partial charge in [-0.05, 0) is 48.5 Å². The molecule has 32 heavy (non-hydrogen) atoms. The molecule has 8 heteroatoms. The second kappa shape index (κ2) is 9.57. The van der Waals surface area contributed by atoms with Gasteiger partial charge in [0.25, 0.3) is 11.8 Å². The van der Waals surface area contributed by atoms with Crippen LogP contribution >= 0.6 is 0 Å². The van der Waals surface area contributed by atoms with Gasteiger partial charge in [-0.3, -0.25) is 4.79 Å². The Morgan fingerprint density at radius 2 is 1.62 bits per heavy atom. The standard InChI is InChI=1S/C24H19N3O5/c1-30-24(29)18-7-11-19(12-8-18)25-21(28)15-31-20-13-9-17(10-14-20)23-26-22(27-32-23)16-5-3-2-4-6-16/h2-14H,15H2,1H3,(H,25,28). The zero-order valence-corrected chi connectivity index (χ0v) is 17.1. The monoisotopic (exact) mass is 429 g/mol. The van der Waals surface area contributed by atoms with E-state index in [4.69, 9.17) is 9.26 Å². The number of esters is 1. The Hall–Kier alpha value is -4.46. The molecule has 0 saturated heterocycles. The molecule has 0 fully saturated rings. The van der Waals surface area contributed by atoms with Crippen molar-refractivity contribution in [3.8, 4) is 28.6 Å². The Balaban J connectivity index is 1.32. The molecule has 0 aliphatic carbocycles. The third kappa shape index (κ3) is 4.99. The lowest BCUT2D eigenvalue weighted by atomic mass is 10.2. The maximum atomic E-state index is 12.1. The molecule has 0 spiro atoms. The van der Waals surface area contributed by atoms with Gasteiger partial charge >= 0.3 is 5.97 Å². The smallest absolute Gasteiger partial charge is 0.337 e. The predicted octanol–water partition coefficient (Wildman–Crippen LogP) is 4.21. The summed E-state index contributed by atoms with van der Waals surface area (Å²) in [5.74, 6) is 0.657. The highest BCUT2D eigenvalue weighted by Gasteiger charge is 2.11. The van der Waals surface area contributed by atoms with Gasteiger partial charge < -0.3 is 19.3 Å². The maximum Gasteiger partial charge on any atom is 0.337 e. The van der Waals surface area contributed by atoms with Gasteiger partial charge in [0.2, 0.25) is 5.82 Å². The minimum atomic E-state index is -0.438. The summed E-state index contributed by atoms with van der Waals surface area (Å²) in [6, 6.07) is 22.9.